The fourth-order valence-corrected chi connectivity index (χ4v) is 4.52. The molecule has 0 saturated carbocycles. The second kappa shape index (κ2) is 10.2. The first-order valence-corrected chi connectivity index (χ1v) is 11.4. The summed E-state index contributed by atoms with van der Waals surface area (Å²) in [6, 6.07) is 21.7. The average molecular weight is 451 g/mol. The Morgan fingerprint density at radius 2 is 1.56 bits per heavy atom. The summed E-state index contributed by atoms with van der Waals surface area (Å²) >= 11 is 5.57. The third-order valence-electron chi connectivity index (χ3n) is 6.06. The fraction of sp³-hybridized carbons (Fsp3) is 0.375. The summed E-state index contributed by atoms with van der Waals surface area (Å²) in [6.45, 7) is 4.45. The van der Waals surface area contributed by atoms with Gasteiger partial charge in [-0.05, 0) is 23.3 Å². The molecule has 1 fully saturated rings. The van der Waals surface area contributed by atoms with E-state index in [0.717, 1.165) is 32.0 Å². The molecule has 1 amide bonds. The van der Waals surface area contributed by atoms with Crippen molar-refractivity contribution in [3.8, 4) is 0 Å². The van der Waals surface area contributed by atoms with Crippen molar-refractivity contribution < 1.29 is 4.79 Å². The van der Waals surface area contributed by atoms with Crippen molar-refractivity contribution in [1.29, 1.82) is 0 Å². The van der Waals surface area contributed by atoms with E-state index in [1.807, 2.05) is 16.3 Å². The fourth-order valence-electron chi connectivity index (χ4n) is 4.31. The third-order valence-corrected chi connectivity index (χ3v) is 6.55. The van der Waals surface area contributed by atoms with E-state index in [0.29, 0.717) is 17.9 Å². The van der Waals surface area contributed by atoms with Crippen LogP contribution in [0.5, 0.6) is 0 Å². The van der Waals surface area contributed by atoms with E-state index in [9.17, 15) is 4.79 Å². The molecule has 0 aliphatic carbocycles. The van der Waals surface area contributed by atoms with Gasteiger partial charge in [-0.25, -0.2) is 4.68 Å². The predicted molar refractivity (Wildman–Crippen MR) is 127 cm³/mol. The number of aromatic nitrogens is 3. The highest BCUT2D eigenvalue weighted by Crippen LogP contribution is 2.29. The zero-order chi connectivity index (χ0) is 22.5. The lowest BCUT2D eigenvalue weighted by Crippen LogP contribution is -2.48. The molecule has 1 aliphatic rings. The second-order valence-corrected chi connectivity index (χ2v) is 8.61. The van der Waals surface area contributed by atoms with Gasteiger partial charge in [-0.3, -0.25) is 14.6 Å². The Labute approximate surface area is 194 Å². The van der Waals surface area contributed by atoms with Crippen molar-refractivity contribution in [2.24, 2.45) is 12.8 Å². The highest BCUT2D eigenvalue weighted by atomic mass is 32.1. The molecule has 3 aromatic rings. The highest BCUT2D eigenvalue weighted by molar-refractivity contribution is 7.71. The number of piperazine rings is 1. The summed E-state index contributed by atoms with van der Waals surface area (Å²) in [6.07, 6.45) is 0.782. The number of rotatable bonds is 8. The maximum Gasteiger partial charge on any atom is 0.217 e. The Kier molecular flexibility index (Phi) is 7.14. The molecule has 1 aliphatic heterocycles. The Balaban J connectivity index is 1.44. The number of nitrogens with zero attached hydrogens (tertiary/aromatic N) is 5. The van der Waals surface area contributed by atoms with Gasteiger partial charge >= 0.3 is 0 Å². The maximum atomic E-state index is 11.1. The van der Waals surface area contributed by atoms with Crippen LogP contribution in [0.4, 0.5) is 0 Å². The van der Waals surface area contributed by atoms with Crippen LogP contribution in [0.15, 0.2) is 60.7 Å². The van der Waals surface area contributed by atoms with Crippen LogP contribution in [0.2, 0.25) is 0 Å². The van der Waals surface area contributed by atoms with E-state index < -0.39 is 0 Å². The number of carbonyl (C=O) groups excluding carboxylic acids is 1. The first-order chi connectivity index (χ1) is 15.5. The summed E-state index contributed by atoms with van der Waals surface area (Å²) in [5, 5.41) is 4.64. The van der Waals surface area contributed by atoms with E-state index in [2.05, 4.69) is 75.6 Å². The van der Waals surface area contributed by atoms with Crippen LogP contribution < -0.4 is 5.73 Å². The molecule has 0 radical (unpaired) electrons. The topological polar surface area (TPSA) is 72.3 Å². The van der Waals surface area contributed by atoms with Crippen molar-refractivity contribution in [2.75, 3.05) is 26.2 Å². The predicted octanol–water partition coefficient (Wildman–Crippen LogP) is 2.73. The van der Waals surface area contributed by atoms with E-state index in [1.54, 1.807) is 0 Å². The highest BCUT2D eigenvalue weighted by Gasteiger charge is 2.26. The number of primary amides is 1. The lowest BCUT2D eigenvalue weighted by Gasteiger charge is -2.39. The van der Waals surface area contributed by atoms with E-state index in [4.69, 9.17) is 18.0 Å². The van der Waals surface area contributed by atoms with Crippen molar-refractivity contribution in [2.45, 2.75) is 25.6 Å². The minimum atomic E-state index is -0.326. The van der Waals surface area contributed by atoms with Gasteiger partial charge in [0.05, 0.1) is 12.7 Å². The Morgan fingerprint density at radius 3 is 2.09 bits per heavy atom. The van der Waals surface area contributed by atoms with Gasteiger partial charge < -0.3 is 10.3 Å². The zero-order valence-electron chi connectivity index (χ0n) is 18.4. The smallest absolute Gasteiger partial charge is 0.217 e. The van der Waals surface area contributed by atoms with Crippen LogP contribution in [-0.2, 0) is 24.9 Å². The minimum Gasteiger partial charge on any atom is -0.370 e. The first-order valence-electron chi connectivity index (χ1n) is 11.0. The number of hydrogen-bond acceptors (Lipinski definition) is 5. The van der Waals surface area contributed by atoms with Crippen molar-refractivity contribution in [1.82, 2.24) is 24.1 Å². The number of carbonyl (C=O) groups is 1. The summed E-state index contributed by atoms with van der Waals surface area (Å²) in [5.41, 5.74) is 7.92. The van der Waals surface area contributed by atoms with Gasteiger partial charge in [-0.1, -0.05) is 60.7 Å². The number of aryl methyl sites for hydroxylation is 1. The van der Waals surface area contributed by atoms with Crippen molar-refractivity contribution in [3.05, 3.63) is 82.4 Å². The summed E-state index contributed by atoms with van der Waals surface area (Å²) in [4.78, 5) is 16.1. The van der Waals surface area contributed by atoms with Gasteiger partial charge in [0, 0.05) is 46.1 Å². The largest absolute Gasteiger partial charge is 0.370 e. The Hall–Kier alpha value is -2.81. The summed E-state index contributed by atoms with van der Waals surface area (Å²) in [7, 11) is 1.89. The average Bonchev–Trinajstić information content (AvgIpc) is 3.08. The second-order valence-electron chi connectivity index (χ2n) is 8.24. The molecule has 0 unspecified atom stereocenters. The molecule has 1 saturated heterocycles. The normalized spacial score (nSPS) is 15.3. The van der Waals surface area contributed by atoms with Crippen LogP contribution in [0, 0.1) is 4.77 Å². The van der Waals surface area contributed by atoms with Crippen LogP contribution in [0.1, 0.15) is 29.4 Å². The van der Waals surface area contributed by atoms with Crippen LogP contribution in [0.25, 0.3) is 0 Å². The van der Waals surface area contributed by atoms with Gasteiger partial charge in [-0.15, -0.1) is 0 Å². The lowest BCUT2D eigenvalue weighted by molar-refractivity contribution is -0.118. The minimum absolute atomic E-state index is 0.247. The molecule has 0 atom stereocenters. The molecule has 32 heavy (non-hydrogen) atoms. The van der Waals surface area contributed by atoms with E-state index in [-0.39, 0.29) is 18.4 Å². The van der Waals surface area contributed by atoms with Crippen molar-refractivity contribution in [3.63, 3.8) is 0 Å². The molecular formula is C24H30N6OS. The summed E-state index contributed by atoms with van der Waals surface area (Å²) < 4.78 is 4.39. The van der Waals surface area contributed by atoms with Gasteiger partial charge in [0.15, 0.2) is 4.77 Å². The van der Waals surface area contributed by atoms with E-state index >= 15 is 0 Å². The van der Waals surface area contributed by atoms with Gasteiger partial charge in [0.1, 0.15) is 5.82 Å². The SMILES string of the molecule is Cn1c(CCC(N)=O)nn(CN2CCN(C(c3ccccc3)c3ccccc3)CC2)c1=S. The molecule has 7 nitrogen and oxygen atoms in total. The van der Waals surface area contributed by atoms with Crippen LogP contribution in [-0.4, -0.2) is 56.2 Å². The standard InChI is InChI=1S/C24H30N6OS/c1-27-22(13-12-21(25)31)26-30(24(27)32)18-28-14-16-29(17-15-28)23(19-8-4-2-5-9-19)20-10-6-3-7-11-20/h2-11,23H,12-18H2,1H3,(H2,25,31). The molecule has 1 aromatic heterocycles. The molecule has 8 heteroatoms. The van der Waals surface area contributed by atoms with Crippen LogP contribution >= 0.6 is 12.2 Å². The Morgan fingerprint density at radius 1 is 1.00 bits per heavy atom. The van der Waals surface area contributed by atoms with Crippen LogP contribution in [0.3, 0.4) is 0 Å². The third kappa shape index (κ3) is 5.15. The number of amides is 1. The molecule has 168 valence electrons. The molecule has 0 bridgehead atoms. The number of hydrogen-bond donors (Lipinski definition) is 1. The summed E-state index contributed by atoms with van der Waals surface area (Å²) in [5.74, 6) is 0.466. The zero-order valence-corrected chi connectivity index (χ0v) is 19.2. The molecule has 2 N–H and O–H groups in total. The molecule has 2 heterocycles. The molecule has 4 rings (SSSR count). The number of nitrogens with two attached hydrogens (primary N) is 1. The maximum absolute atomic E-state index is 11.1. The molecule has 2 aromatic carbocycles. The van der Waals surface area contributed by atoms with Gasteiger partial charge in [0.2, 0.25) is 5.91 Å². The quantitative estimate of drug-likeness (QED) is 0.535. The van der Waals surface area contributed by atoms with Gasteiger partial charge in [-0.2, -0.15) is 5.10 Å². The van der Waals surface area contributed by atoms with Gasteiger partial charge in [0.25, 0.3) is 0 Å². The monoisotopic (exact) mass is 450 g/mol. The van der Waals surface area contributed by atoms with E-state index in [1.165, 1.54) is 11.1 Å². The molecular weight excluding hydrogens is 420 g/mol. The first kappa shape index (κ1) is 22.4. The molecule has 0 spiro atoms. The number of benzene rings is 2. The lowest BCUT2D eigenvalue weighted by atomic mass is 9.96. The van der Waals surface area contributed by atoms with Crippen molar-refractivity contribution >= 4 is 18.1 Å². The Bertz CT molecular complexity index is 1050.